The van der Waals surface area contributed by atoms with Gasteiger partial charge < -0.3 is 10.5 Å². The number of aryl methyl sites for hydroxylation is 1. The molecule has 2 N–H and O–H groups in total. The van der Waals surface area contributed by atoms with Crippen LogP contribution in [-0.4, -0.2) is 16.9 Å². The minimum absolute atomic E-state index is 0.0440. The van der Waals surface area contributed by atoms with Crippen molar-refractivity contribution in [1.29, 1.82) is 0 Å². The van der Waals surface area contributed by atoms with E-state index < -0.39 is 0 Å². The van der Waals surface area contributed by atoms with Crippen molar-refractivity contribution in [3.05, 3.63) is 47.8 Å². The van der Waals surface area contributed by atoms with E-state index in [1.807, 2.05) is 17.8 Å². The van der Waals surface area contributed by atoms with Gasteiger partial charge in [0.2, 0.25) is 0 Å². The molecule has 4 nitrogen and oxygen atoms in total. The number of nitrogens with two attached hydrogens (primary N) is 1. The second-order valence-corrected chi connectivity index (χ2v) is 5.22. The highest BCUT2D eigenvalue weighted by molar-refractivity contribution is 5.40. The summed E-state index contributed by atoms with van der Waals surface area (Å²) >= 11 is 0. The van der Waals surface area contributed by atoms with Crippen LogP contribution in [-0.2, 0) is 12.5 Å². The molecule has 4 heteroatoms. The Morgan fingerprint density at radius 2 is 2.00 bits per heavy atom. The van der Waals surface area contributed by atoms with Gasteiger partial charge >= 0.3 is 0 Å². The summed E-state index contributed by atoms with van der Waals surface area (Å²) in [4.78, 5) is 0. The van der Waals surface area contributed by atoms with E-state index in [4.69, 9.17) is 10.5 Å². The molecule has 1 heterocycles. The Morgan fingerprint density at radius 1 is 1.32 bits per heavy atom. The van der Waals surface area contributed by atoms with Crippen molar-refractivity contribution >= 4 is 0 Å². The predicted octanol–water partition coefficient (Wildman–Crippen LogP) is 2.16. The Morgan fingerprint density at radius 3 is 2.58 bits per heavy atom. The first kappa shape index (κ1) is 12.2. The quantitative estimate of drug-likeness (QED) is 0.913. The molecule has 19 heavy (non-hydrogen) atoms. The molecule has 0 spiro atoms. The smallest absolute Gasteiger partial charge is 0.161 e. The van der Waals surface area contributed by atoms with Gasteiger partial charge in [0.05, 0.1) is 25.0 Å². The Hall–Kier alpha value is -1.81. The molecule has 100 valence electrons. The fraction of sp³-hybridized carbons (Fsp3) is 0.400. The van der Waals surface area contributed by atoms with Crippen molar-refractivity contribution in [2.24, 2.45) is 12.8 Å². The molecule has 1 aliphatic carbocycles. The standard InChI is InChI=1S/C15H19N3O/c1-18-13(12(19-2)10-17-18)14(16)15(8-9-15)11-6-4-3-5-7-11/h3-7,10,14H,8-9,16H2,1-2H3. The lowest BCUT2D eigenvalue weighted by atomic mass is 9.86. The Kier molecular flexibility index (Phi) is 2.82. The van der Waals surface area contributed by atoms with Crippen LogP contribution in [0.5, 0.6) is 5.75 Å². The van der Waals surface area contributed by atoms with Crippen molar-refractivity contribution in [3.63, 3.8) is 0 Å². The van der Waals surface area contributed by atoms with Gasteiger partial charge in [-0.3, -0.25) is 4.68 Å². The van der Waals surface area contributed by atoms with Gasteiger partial charge in [-0.2, -0.15) is 5.10 Å². The van der Waals surface area contributed by atoms with Gasteiger partial charge in [0.25, 0.3) is 0 Å². The highest BCUT2D eigenvalue weighted by Crippen LogP contribution is 2.56. The molecule has 1 aromatic carbocycles. The molecule has 1 aromatic heterocycles. The Labute approximate surface area is 113 Å². The zero-order chi connectivity index (χ0) is 13.5. The van der Waals surface area contributed by atoms with Gasteiger partial charge in [-0.25, -0.2) is 0 Å². The Balaban J connectivity index is 2.00. The first-order chi connectivity index (χ1) is 9.19. The molecule has 1 atom stereocenters. The largest absolute Gasteiger partial charge is 0.493 e. The molecule has 1 aliphatic rings. The van der Waals surface area contributed by atoms with Crippen LogP contribution in [0.15, 0.2) is 36.5 Å². The number of aromatic nitrogens is 2. The summed E-state index contributed by atoms with van der Waals surface area (Å²) in [5.74, 6) is 0.775. The van der Waals surface area contributed by atoms with E-state index in [1.165, 1.54) is 5.56 Å². The molecule has 0 radical (unpaired) electrons. The van der Waals surface area contributed by atoms with Crippen molar-refractivity contribution in [1.82, 2.24) is 9.78 Å². The third-order valence-corrected chi connectivity index (χ3v) is 4.20. The molecular weight excluding hydrogens is 238 g/mol. The van der Waals surface area contributed by atoms with Gasteiger partial charge in [0.1, 0.15) is 0 Å². The summed E-state index contributed by atoms with van der Waals surface area (Å²) in [5.41, 5.74) is 8.88. The maximum absolute atomic E-state index is 6.55. The van der Waals surface area contributed by atoms with Crippen molar-refractivity contribution < 1.29 is 4.74 Å². The molecule has 0 bridgehead atoms. The van der Waals surface area contributed by atoms with Crippen molar-refractivity contribution in [2.45, 2.75) is 24.3 Å². The van der Waals surface area contributed by atoms with E-state index in [9.17, 15) is 0 Å². The molecule has 0 amide bonds. The predicted molar refractivity (Wildman–Crippen MR) is 74.0 cm³/mol. The van der Waals surface area contributed by atoms with E-state index in [-0.39, 0.29) is 11.5 Å². The van der Waals surface area contributed by atoms with Crippen LogP contribution in [0.4, 0.5) is 0 Å². The summed E-state index contributed by atoms with van der Waals surface area (Å²) in [6, 6.07) is 10.4. The molecule has 0 saturated heterocycles. The topological polar surface area (TPSA) is 53.1 Å². The number of hydrogen-bond acceptors (Lipinski definition) is 3. The lowest BCUT2D eigenvalue weighted by Crippen LogP contribution is -2.28. The molecule has 1 saturated carbocycles. The molecule has 3 rings (SSSR count). The van der Waals surface area contributed by atoms with E-state index in [1.54, 1.807) is 13.3 Å². The van der Waals surface area contributed by atoms with Crippen molar-refractivity contribution in [3.8, 4) is 5.75 Å². The monoisotopic (exact) mass is 257 g/mol. The molecule has 1 unspecified atom stereocenters. The van der Waals surface area contributed by atoms with Crippen LogP contribution in [0.1, 0.15) is 30.1 Å². The van der Waals surface area contributed by atoms with Gasteiger partial charge in [-0.15, -0.1) is 0 Å². The third-order valence-electron chi connectivity index (χ3n) is 4.20. The first-order valence-corrected chi connectivity index (χ1v) is 6.56. The van der Waals surface area contributed by atoms with Gasteiger partial charge in [-0.1, -0.05) is 30.3 Å². The minimum atomic E-state index is -0.0858. The van der Waals surface area contributed by atoms with Gasteiger partial charge in [0.15, 0.2) is 5.75 Å². The average molecular weight is 257 g/mol. The molecule has 0 aliphatic heterocycles. The van der Waals surface area contributed by atoms with E-state index in [0.717, 1.165) is 24.3 Å². The second kappa shape index (κ2) is 4.38. The first-order valence-electron chi connectivity index (χ1n) is 6.56. The lowest BCUT2D eigenvalue weighted by Gasteiger charge is -2.24. The normalized spacial score (nSPS) is 18.1. The summed E-state index contributed by atoms with van der Waals surface area (Å²) < 4.78 is 7.21. The van der Waals surface area contributed by atoms with E-state index in [2.05, 4.69) is 29.4 Å². The molecule has 1 fully saturated rings. The summed E-state index contributed by atoms with van der Waals surface area (Å²) in [5, 5.41) is 4.26. The van der Waals surface area contributed by atoms with Gasteiger partial charge in [-0.05, 0) is 18.4 Å². The van der Waals surface area contributed by atoms with Crippen LogP contribution in [0.3, 0.4) is 0 Å². The van der Waals surface area contributed by atoms with E-state index >= 15 is 0 Å². The van der Waals surface area contributed by atoms with Gasteiger partial charge in [0, 0.05) is 12.5 Å². The minimum Gasteiger partial charge on any atom is -0.493 e. The SMILES string of the molecule is COc1cnn(C)c1C(N)C1(c2ccccc2)CC1. The third kappa shape index (κ3) is 1.83. The maximum Gasteiger partial charge on any atom is 0.161 e. The van der Waals surface area contributed by atoms with Crippen LogP contribution in [0, 0.1) is 0 Å². The number of benzene rings is 1. The Bertz CT molecular complexity index is 572. The fourth-order valence-electron chi connectivity index (χ4n) is 2.88. The fourth-order valence-corrected chi connectivity index (χ4v) is 2.88. The van der Waals surface area contributed by atoms with Crippen LogP contribution < -0.4 is 10.5 Å². The number of ether oxygens (including phenoxy) is 1. The zero-order valence-corrected chi connectivity index (χ0v) is 11.3. The van der Waals surface area contributed by atoms with E-state index in [0.29, 0.717) is 0 Å². The lowest BCUT2D eigenvalue weighted by molar-refractivity contribution is 0.393. The van der Waals surface area contributed by atoms with Crippen LogP contribution >= 0.6 is 0 Å². The number of nitrogens with zero attached hydrogens (tertiary/aromatic N) is 2. The summed E-state index contributed by atoms with van der Waals surface area (Å²) in [7, 11) is 3.58. The average Bonchev–Trinajstić information content (AvgIpc) is 3.18. The molecular formula is C15H19N3O. The number of hydrogen-bond donors (Lipinski definition) is 1. The van der Waals surface area contributed by atoms with Crippen LogP contribution in [0.25, 0.3) is 0 Å². The highest BCUT2D eigenvalue weighted by Gasteiger charge is 2.51. The summed E-state index contributed by atoms with van der Waals surface area (Å²) in [6.07, 6.45) is 3.97. The summed E-state index contributed by atoms with van der Waals surface area (Å²) in [6.45, 7) is 0. The second-order valence-electron chi connectivity index (χ2n) is 5.22. The number of methoxy groups -OCH3 is 1. The van der Waals surface area contributed by atoms with Crippen LogP contribution in [0.2, 0.25) is 0 Å². The highest BCUT2D eigenvalue weighted by atomic mass is 16.5. The zero-order valence-electron chi connectivity index (χ0n) is 11.3. The van der Waals surface area contributed by atoms with Crippen molar-refractivity contribution in [2.75, 3.05) is 7.11 Å². The number of rotatable bonds is 4. The maximum atomic E-state index is 6.55. The molecule has 2 aromatic rings.